The van der Waals surface area contributed by atoms with Gasteiger partial charge in [-0.1, -0.05) is 24.3 Å². The fourth-order valence-electron chi connectivity index (χ4n) is 2.75. The molecule has 2 N–H and O–H groups in total. The predicted octanol–water partition coefficient (Wildman–Crippen LogP) is 0.376. The number of allylic oxidation sites excluding steroid dienone is 2. The molecule has 0 radical (unpaired) electrons. The molecule has 0 aromatic heterocycles. The molecule has 2 amide bonds. The molecule has 0 saturated carbocycles. The van der Waals surface area contributed by atoms with Crippen LogP contribution in [0.25, 0.3) is 0 Å². The van der Waals surface area contributed by atoms with E-state index in [1.807, 2.05) is 24.3 Å². The first-order valence-electron chi connectivity index (χ1n) is 7.82. The largest absolute Gasteiger partial charge is 0.389 e. The van der Waals surface area contributed by atoms with E-state index in [0.717, 1.165) is 19.3 Å². The minimum Gasteiger partial charge on any atom is -0.389 e. The number of rotatable bonds is 7. The molecule has 1 fully saturated rings. The van der Waals surface area contributed by atoms with Crippen LogP contribution >= 0.6 is 0 Å². The lowest BCUT2D eigenvalue weighted by molar-refractivity contribution is -0.136. The van der Waals surface area contributed by atoms with Crippen molar-refractivity contribution in [3.8, 4) is 0 Å². The molecule has 6 heteroatoms. The Bertz CT molecular complexity index is 436. The third kappa shape index (κ3) is 4.96. The van der Waals surface area contributed by atoms with Crippen molar-refractivity contribution >= 4 is 12.3 Å². The molecule has 0 bridgehead atoms. The van der Waals surface area contributed by atoms with Crippen molar-refractivity contribution in [3.05, 3.63) is 24.3 Å². The van der Waals surface area contributed by atoms with Gasteiger partial charge in [-0.3, -0.25) is 9.59 Å². The van der Waals surface area contributed by atoms with Crippen molar-refractivity contribution in [2.75, 3.05) is 19.7 Å². The van der Waals surface area contributed by atoms with Crippen LogP contribution in [0, 0.1) is 0 Å². The van der Waals surface area contributed by atoms with Gasteiger partial charge in [-0.15, -0.1) is 0 Å². The Morgan fingerprint density at radius 3 is 3.05 bits per heavy atom. The highest BCUT2D eigenvalue weighted by Gasteiger charge is 2.27. The molecule has 1 aliphatic heterocycles. The molecule has 1 saturated heterocycles. The maximum Gasteiger partial charge on any atom is 0.245 e. The van der Waals surface area contributed by atoms with Gasteiger partial charge in [0.1, 0.15) is 6.04 Å². The van der Waals surface area contributed by atoms with E-state index in [1.165, 1.54) is 0 Å². The zero-order valence-electron chi connectivity index (χ0n) is 12.7. The van der Waals surface area contributed by atoms with Crippen molar-refractivity contribution in [2.24, 2.45) is 0 Å². The minimum atomic E-state index is -0.724. The second-order valence-electron chi connectivity index (χ2n) is 5.69. The molecule has 0 aromatic carbocycles. The van der Waals surface area contributed by atoms with E-state index in [1.54, 1.807) is 4.90 Å². The second-order valence-corrected chi connectivity index (χ2v) is 5.69. The van der Waals surface area contributed by atoms with E-state index in [0.29, 0.717) is 19.4 Å². The van der Waals surface area contributed by atoms with Crippen LogP contribution in [-0.2, 0) is 14.3 Å². The van der Waals surface area contributed by atoms with Gasteiger partial charge in [-0.2, -0.15) is 0 Å². The van der Waals surface area contributed by atoms with E-state index in [4.69, 9.17) is 4.74 Å². The Kier molecular flexibility index (Phi) is 6.61. The first kappa shape index (κ1) is 16.7. The van der Waals surface area contributed by atoms with Crippen LogP contribution in [0.1, 0.15) is 25.7 Å². The number of carbonyl (C=O) groups excluding carboxylic acids is 2. The molecule has 22 heavy (non-hydrogen) atoms. The summed E-state index contributed by atoms with van der Waals surface area (Å²) in [6.07, 6.45) is 10.9. The quantitative estimate of drug-likeness (QED) is 0.666. The van der Waals surface area contributed by atoms with Crippen LogP contribution in [0.3, 0.4) is 0 Å². The molecule has 122 valence electrons. The molecule has 0 aromatic rings. The van der Waals surface area contributed by atoms with Gasteiger partial charge >= 0.3 is 0 Å². The summed E-state index contributed by atoms with van der Waals surface area (Å²) in [7, 11) is 0. The Labute approximate surface area is 130 Å². The fraction of sp³-hybridized carbons (Fsp3) is 0.625. The Balaban J connectivity index is 1.79. The van der Waals surface area contributed by atoms with Crippen molar-refractivity contribution in [3.63, 3.8) is 0 Å². The number of nitrogens with zero attached hydrogens (tertiary/aromatic N) is 1. The number of hydrogen-bond donors (Lipinski definition) is 2. The van der Waals surface area contributed by atoms with Crippen LogP contribution < -0.4 is 5.32 Å². The molecule has 0 spiro atoms. The summed E-state index contributed by atoms with van der Waals surface area (Å²) < 4.78 is 5.63. The number of hydrogen-bond acceptors (Lipinski definition) is 4. The Morgan fingerprint density at radius 2 is 2.32 bits per heavy atom. The highest BCUT2D eigenvalue weighted by atomic mass is 16.5. The Morgan fingerprint density at radius 1 is 1.45 bits per heavy atom. The standard InChI is InChI=1S/C16H24N2O4/c19-12-17-15-8-4-5-9-18(16(15)21)10-13(20)11-22-14-6-2-1-3-7-14/h1-3,6,12-15,20H,4-5,7-11H2,(H,17,19)/t13?,14?,15-/m0/s1. The molecule has 6 nitrogen and oxygen atoms in total. The number of amides is 2. The summed E-state index contributed by atoms with van der Waals surface area (Å²) in [6.45, 7) is 1.04. The minimum absolute atomic E-state index is 0.0102. The third-order valence-electron chi connectivity index (χ3n) is 3.92. The summed E-state index contributed by atoms with van der Waals surface area (Å²) in [5, 5.41) is 12.7. The van der Waals surface area contributed by atoms with Gasteiger partial charge in [0, 0.05) is 13.1 Å². The van der Waals surface area contributed by atoms with Gasteiger partial charge in [0.15, 0.2) is 0 Å². The van der Waals surface area contributed by atoms with Crippen LogP contribution in [0.2, 0.25) is 0 Å². The first-order valence-corrected chi connectivity index (χ1v) is 7.82. The van der Waals surface area contributed by atoms with Gasteiger partial charge in [-0.25, -0.2) is 0 Å². The van der Waals surface area contributed by atoms with Crippen LogP contribution in [0.5, 0.6) is 0 Å². The van der Waals surface area contributed by atoms with E-state index < -0.39 is 12.1 Å². The number of ether oxygens (including phenoxy) is 1. The van der Waals surface area contributed by atoms with Gasteiger partial charge < -0.3 is 20.1 Å². The summed E-state index contributed by atoms with van der Waals surface area (Å²) >= 11 is 0. The van der Waals surface area contributed by atoms with Crippen molar-refractivity contribution < 1.29 is 19.4 Å². The molecule has 3 atom stereocenters. The zero-order valence-corrected chi connectivity index (χ0v) is 12.7. The normalized spacial score (nSPS) is 26.6. The molecule has 2 aliphatic rings. The average Bonchev–Trinajstić information content (AvgIpc) is 2.70. The molecule has 2 unspecified atom stereocenters. The van der Waals surface area contributed by atoms with E-state index in [-0.39, 0.29) is 25.2 Å². The predicted molar refractivity (Wildman–Crippen MR) is 82.1 cm³/mol. The average molecular weight is 308 g/mol. The molecule has 1 aliphatic carbocycles. The molecule has 1 heterocycles. The summed E-state index contributed by atoms with van der Waals surface area (Å²) in [4.78, 5) is 24.5. The summed E-state index contributed by atoms with van der Waals surface area (Å²) in [5.74, 6) is -0.121. The molecule has 2 rings (SSSR count). The lowest BCUT2D eigenvalue weighted by Gasteiger charge is -2.27. The van der Waals surface area contributed by atoms with Crippen molar-refractivity contribution in [1.29, 1.82) is 0 Å². The van der Waals surface area contributed by atoms with Crippen LogP contribution in [-0.4, -0.2) is 60.3 Å². The highest BCUT2D eigenvalue weighted by Crippen LogP contribution is 2.13. The van der Waals surface area contributed by atoms with Gasteiger partial charge in [-0.05, 0) is 25.7 Å². The topological polar surface area (TPSA) is 78.9 Å². The first-order chi connectivity index (χ1) is 10.7. The summed E-state index contributed by atoms with van der Waals surface area (Å²) in [6, 6.07) is -0.473. The van der Waals surface area contributed by atoms with E-state index in [2.05, 4.69) is 5.32 Å². The number of aliphatic hydroxyl groups is 1. The zero-order chi connectivity index (χ0) is 15.8. The number of likely N-dealkylation sites (tertiary alicyclic amines) is 1. The number of aliphatic hydroxyl groups excluding tert-OH is 1. The smallest absolute Gasteiger partial charge is 0.245 e. The molecular formula is C16H24N2O4. The SMILES string of the molecule is O=CN[C@H]1CCCCN(CC(O)COC2C=CC=CC2)C1=O. The van der Waals surface area contributed by atoms with Crippen LogP contribution in [0.4, 0.5) is 0 Å². The van der Waals surface area contributed by atoms with Gasteiger partial charge in [0.25, 0.3) is 0 Å². The van der Waals surface area contributed by atoms with E-state index in [9.17, 15) is 14.7 Å². The number of carbonyl (C=O) groups is 2. The van der Waals surface area contributed by atoms with Crippen molar-refractivity contribution in [1.82, 2.24) is 10.2 Å². The van der Waals surface area contributed by atoms with Gasteiger partial charge in [0.05, 0.1) is 18.8 Å². The van der Waals surface area contributed by atoms with Crippen molar-refractivity contribution in [2.45, 2.75) is 43.9 Å². The monoisotopic (exact) mass is 308 g/mol. The number of β-amino-alcohol motifs (C(OH)–C–C–N with tert-alkyl or cyclic N) is 1. The Hall–Kier alpha value is -1.66. The fourth-order valence-corrected chi connectivity index (χ4v) is 2.75. The lowest BCUT2D eigenvalue weighted by Crippen LogP contribution is -2.48. The molecular weight excluding hydrogens is 284 g/mol. The lowest BCUT2D eigenvalue weighted by atomic mass is 10.1. The van der Waals surface area contributed by atoms with Gasteiger partial charge in [0.2, 0.25) is 12.3 Å². The third-order valence-corrected chi connectivity index (χ3v) is 3.92. The summed E-state index contributed by atoms with van der Waals surface area (Å²) in [5.41, 5.74) is 0. The number of nitrogens with one attached hydrogen (secondary N) is 1. The van der Waals surface area contributed by atoms with E-state index >= 15 is 0 Å². The maximum absolute atomic E-state index is 12.3. The van der Waals surface area contributed by atoms with Crippen LogP contribution in [0.15, 0.2) is 24.3 Å². The highest BCUT2D eigenvalue weighted by molar-refractivity contribution is 5.83. The second kappa shape index (κ2) is 8.70. The maximum atomic E-state index is 12.3.